The molecule has 0 fully saturated rings. The Morgan fingerprint density at radius 3 is 2.52 bits per heavy atom. The number of nitrogens with one attached hydrogen (secondary N) is 2. The highest BCUT2D eigenvalue weighted by Crippen LogP contribution is 2.15. The Balaban J connectivity index is 1.96. The van der Waals surface area contributed by atoms with Crippen molar-refractivity contribution in [2.45, 2.75) is 46.7 Å². The first kappa shape index (κ1) is 17.1. The van der Waals surface area contributed by atoms with Crippen LogP contribution in [0.2, 0.25) is 0 Å². The van der Waals surface area contributed by atoms with Gasteiger partial charge in [0.25, 0.3) is 0 Å². The van der Waals surface area contributed by atoms with Crippen LogP contribution in [-0.2, 0) is 25.9 Å². The van der Waals surface area contributed by atoms with E-state index in [1.165, 1.54) is 11.1 Å². The van der Waals surface area contributed by atoms with Crippen molar-refractivity contribution >= 4 is 5.96 Å². The second kappa shape index (κ2) is 8.36. The summed E-state index contributed by atoms with van der Waals surface area (Å²) in [5.41, 5.74) is 4.71. The minimum Gasteiger partial charge on any atom is -0.361 e. The van der Waals surface area contributed by atoms with Crippen LogP contribution in [0.25, 0.3) is 0 Å². The molecule has 0 bridgehead atoms. The molecule has 0 saturated heterocycles. The third-order valence-electron chi connectivity index (χ3n) is 3.97. The van der Waals surface area contributed by atoms with E-state index in [2.05, 4.69) is 65.8 Å². The van der Waals surface area contributed by atoms with Crippen molar-refractivity contribution in [3.05, 3.63) is 52.4 Å². The highest BCUT2D eigenvalue weighted by Gasteiger charge is 2.13. The number of aryl methyl sites for hydroxylation is 3. The molecule has 124 valence electrons. The van der Waals surface area contributed by atoms with Gasteiger partial charge in [0.2, 0.25) is 0 Å². The monoisotopic (exact) mass is 314 g/mol. The number of guanidine groups is 1. The average Bonchev–Trinajstić information content (AvgIpc) is 2.98. The Morgan fingerprint density at radius 2 is 1.87 bits per heavy atom. The molecule has 2 aromatic rings. The van der Waals surface area contributed by atoms with Gasteiger partial charge < -0.3 is 15.2 Å². The van der Waals surface area contributed by atoms with Gasteiger partial charge in [-0.15, -0.1) is 0 Å². The zero-order valence-corrected chi connectivity index (χ0v) is 14.4. The Morgan fingerprint density at radius 1 is 1.13 bits per heavy atom. The lowest BCUT2D eigenvalue weighted by molar-refractivity contribution is 0.380. The number of hydrogen-bond donors (Lipinski definition) is 2. The van der Waals surface area contributed by atoms with Gasteiger partial charge in [-0.2, -0.15) is 0 Å². The Hall–Kier alpha value is -2.30. The molecule has 0 amide bonds. The van der Waals surface area contributed by atoms with Crippen LogP contribution >= 0.6 is 0 Å². The van der Waals surface area contributed by atoms with Crippen molar-refractivity contribution in [3.8, 4) is 0 Å². The van der Waals surface area contributed by atoms with E-state index in [0.717, 1.165) is 42.4 Å². The highest BCUT2D eigenvalue weighted by atomic mass is 16.5. The summed E-state index contributed by atoms with van der Waals surface area (Å²) in [6, 6.07) is 8.35. The fourth-order valence-corrected chi connectivity index (χ4v) is 2.52. The van der Waals surface area contributed by atoms with Gasteiger partial charge in [0.15, 0.2) is 5.96 Å². The molecule has 2 rings (SSSR count). The molecule has 2 N–H and O–H groups in total. The number of rotatable bonds is 6. The topological polar surface area (TPSA) is 62.5 Å². The van der Waals surface area contributed by atoms with E-state index in [1.54, 1.807) is 7.05 Å². The van der Waals surface area contributed by atoms with Crippen molar-refractivity contribution in [2.24, 2.45) is 4.99 Å². The first-order valence-corrected chi connectivity index (χ1v) is 8.14. The molecule has 23 heavy (non-hydrogen) atoms. The van der Waals surface area contributed by atoms with Crippen LogP contribution in [-0.4, -0.2) is 18.2 Å². The molecule has 0 atom stereocenters. The minimum atomic E-state index is 0.670. The zero-order valence-electron chi connectivity index (χ0n) is 14.4. The van der Waals surface area contributed by atoms with Crippen LogP contribution in [0.1, 0.15) is 42.0 Å². The standard InChI is InChI=1S/C18H26N4O/c1-5-16-15(17(6-2)23-22-16)12-21-18(19-4)20-11-14-10-8-7-9-13(14)3/h7-10H,5-6,11-12H2,1-4H3,(H2,19,20,21). The molecule has 0 spiro atoms. The number of aromatic nitrogens is 1. The molecule has 0 aliphatic carbocycles. The maximum atomic E-state index is 5.40. The first-order valence-electron chi connectivity index (χ1n) is 8.14. The lowest BCUT2D eigenvalue weighted by Crippen LogP contribution is -2.36. The summed E-state index contributed by atoms with van der Waals surface area (Å²) in [6.45, 7) is 7.70. The lowest BCUT2D eigenvalue weighted by atomic mass is 10.1. The van der Waals surface area contributed by atoms with Gasteiger partial charge in [0, 0.05) is 32.1 Å². The van der Waals surface area contributed by atoms with Crippen LogP contribution in [0.3, 0.4) is 0 Å². The molecule has 0 radical (unpaired) electrons. The Labute approximate surface area is 138 Å². The molecular formula is C18H26N4O. The van der Waals surface area contributed by atoms with Gasteiger partial charge in [-0.05, 0) is 24.5 Å². The molecule has 1 heterocycles. The molecule has 0 saturated carbocycles. The fourth-order valence-electron chi connectivity index (χ4n) is 2.52. The van der Waals surface area contributed by atoms with Crippen LogP contribution in [0.4, 0.5) is 0 Å². The van der Waals surface area contributed by atoms with E-state index >= 15 is 0 Å². The predicted molar refractivity (Wildman–Crippen MR) is 93.5 cm³/mol. The molecule has 5 heteroatoms. The van der Waals surface area contributed by atoms with Crippen LogP contribution in [0.15, 0.2) is 33.8 Å². The van der Waals surface area contributed by atoms with E-state index in [0.29, 0.717) is 6.54 Å². The number of aliphatic imine (C=N–C) groups is 1. The van der Waals surface area contributed by atoms with Crippen LogP contribution in [0.5, 0.6) is 0 Å². The molecule has 0 aliphatic heterocycles. The third-order valence-corrected chi connectivity index (χ3v) is 3.97. The third kappa shape index (κ3) is 4.34. The molecule has 1 aromatic carbocycles. The summed E-state index contributed by atoms with van der Waals surface area (Å²) >= 11 is 0. The predicted octanol–water partition coefficient (Wildman–Crippen LogP) is 2.97. The minimum absolute atomic E-state index is 0.670. The Bertz CT molecular complexity index is 639. The van der Waals surface area contributed by atoms with Gasteiger partial charge in [-0.1, -0.05) is 43.3 Å². The van der Waals surface area contributed by atoms with Gasteiger partial charge in [0.05, 0.1) is 5.69 Å². The van der Waals surface area contributed by atoms with Crippen molar-refractivity contribution in [2.75, 3.05) is 7.05 Å². The maximum absolute atomic E-state index is 5.40. The quantitative estimate of drug-likeness (QED) is 0.635. The van der Waals surface area contributed by atoms with Crippen molar-refractivity contribution in [1.82, 2.24) is 15.8 Å². The molecule has 0 unspecified atom stereocenters. The van der Waals surface area contributed by atoms with Gasteiger partial charge in [-0.25, -0.2) is 0 Å². The number of nitrogens with zero attached hydrogens (tertiary/aromatic N) is 2. The average molecular weight is 314 g/mol. The first-order chi connectivity index (χ1) is 11.2. The van der Waals surface area contributed by atoms with E-state index < -0.39 is 0 Å². The summed E-state index contributed by atoms with van der Waals surface area (Å²) in [4.78, 5) is 4.29. The van der Waals surface area contributed by atoms with Crippen molar-refractivity contribution < 1.29 is 4.52 Å². The summed E-state index contributed by atoms with van der Waals surface area (Å²) < 4.78 is 5.40. The van der Waals surface area contributed by atoms with E-state index in [-0.39, 0.29) is 0 Å². The summed E-state index contributed by atoms with van der Waals surface area (Å²) in [5.74, 6) is 1.72. The van der Waals surface area contributed by atoms with Crippen LogP contribution < -0.4 is 10.6 Å². The maximum Gasteiger partial charge on any atom is 0.191 e. The van der Waals surface area contributed by atoms with E-state index in [9.17, 15) is 0 Å². The molecule has 0 aliphatic rings. The van der Waals surface area contributed by atoms with E-state index in [1.807, 2.05) is 0 Å². The SMILES string of the molecule is CCc1noc(CC)c1CNC(=NC)NCc1ccccc1C. The summed E-state index contributed by atoms with van der Waals surface area (Å²) in [6.07, 6.45) is 1.72. The summed E-state index contributed by atoms with van der Waals surface area (Å²) in [7, 11) is 1.78. The van der Waals surface area contributed by atoms with Gasteiger partial charge in [0.1, 0.15) is 5.76 Å². The fraction of sp³-hybridized carbons (Fsp3) is 0.444. The molecule has 5 nitrogen and oxygen atoms in total. The number of hydrogen-bond acceptors (Lipinski definition) is 3. The van der Waals surface area contributed by atoms with Gasteiger partial charge >= 0.3 is 0 Å². The Kier molecular flexibility index (Phi) is 6.20. The molecular weight excluding hydrogens is 288 g/mol. The normalized spacial score (nSPS) is 11.6. The number of benzene rings is 1. The van der Waals surface area contributed by atoms with Crippen molar-refractivity contribution in [1.29, 1.82) is 0 Å². The van der Waals surface area contributed by atoms with E-state index in [4.69, 9.17) is 4.52 Å². The smallest absolute Gasteiger partial charge is 0.191 e. The highest BCUT2D eigenvalue weighted by molar-refractivity contribution is 5.79. The lowest BCUT2D eigenvalue weighted by Gasteiger charge is -2.13. The zero-order chi connectivity index (χ0) is 16.7. The second-order valence-electron chi connectivity index (χ2n) is 5.44. The van der Waals surface area contributed by atoms with Crippen molar-refractivity contribution in [3.63, 3.8) is 0 Å². The second-order valence-corrected chi connectivity index (χ2v) is 5.44. The summed E-state index contributed by atoms with van der Waals surface area (Å²) in [5, 5.41) is 10.8. The largest absolute Gasteiger partial charge is 0.361 e. The molecule has 1 aromatic heterocycles. The van der Waals surface area contributed by atoms with Gasteiger partial charge in [-0.3, -0.25) is 4.99 Å². The van der Waals surface area contributed by atoms with Crippen LogP contribution in [0, 0.1) is 6.92 Å².